The number of fused-ring (bicyclic) bond motifs is 1. The fourth-order valence-electron chi connectivity index (χ4n) is 2.48. The summed E-state index contributed by atoms with van der Waals surface area (Å²) < 4.78 is 6.64. The number of carbonyl (C=O) groups excluding carboxylic acids is 1. The lowest BCUT2D eigenvalue weighted by molar-refractivity contribution is -0.0615. The van der Waals surface area contributed by atoms with Crippen molar-refractivity contribution in [2.75, 3.05) is 6.61 Å². The number of carbonyl (C=O) groups is 1. The molecule has 0 aromatic carbocycles. The monoisotopic (exact) mass is 291 g/mol. The molecule has 0 bridgehead atoms. The first kappa shape index (κ1) is 13.5. The van der Waals surface area contributed by atoms with E-state index in [-0.39, 0.29) is 17.6 Å². The van der Waals surface area contributed by atoms with E-state index in [2.05, 4.69) is 29.1 Å². The van der Waals surface area contributed by atoms with Gasteiger partial charge in [0.15, 0.2) is 5.01 Å². The van der Waals surface area contributed by atoms with Gasteiger partial charge in [0.2, 0.25) is 0 Å². The number of hydrogen-bond donors (Lipinski definition) is 1. The Kier molecular flexibility index (Phi) is 3.43. The number of thiazole rings is 1. The molecule has 0 saturated carbocycles. The summed E-state index contributed by atoms with van der Waals surface area (Å²) in [5, 5.41) is 3.56. The van der Waals surface area contributed by atoms with E-state index in [1.165, 1.54) is 11.3 Å². The van der Waals surface area contributed by atoms with E-state index in [0.29, 0.717) is 11.6 Å². The number of hydrogen-bond acceptors (Lipinski definition) is 5. The van der Waals surface area contributed by atoms with Crippen molar-refractivity contribution in [3.8, 4) is 0 Å². The second-order valence-electron chi connectivity index (χ2n) is 5.63. The van der Waals surface area contributed by atoms with Crippen molar-refractivity contribution in [3.05, 3.63) is 23.5 Å². The Morgan fingerprint density at radius 2 is 2.40 bits per heavy atom. The van der Waals surface area contributed by atoms with Gasteiger partial charge < -0.3 is 10.1 Å². The Bertz CT molecular complexity index is 605. The van der Waals surface area contributed by atoms with Crippen molar-refractivity contribution >= 4 is 27.5 Å². The minimum Gasteiger partial charge on any atom is -0.375 e. The quantitative estimate of drug-likeness (QED) is 0.922. The number of rotatable bonds is 2. The molecule has 20 heavy (non-hydrogen) atoms. The normalized spacial score (nSPS) is 21.8. The molecule has 1 N–H and O–H groups in total. The second kappa shape index (κ2) is 5.10. The summed E-state index contributed by atoms with van der Waals surface area (Å²) in [6.45, 7) is 4.78. The van der Waals surface area contributed by atoms with Gasteiger partial charge in [-0.25, -0.2) is 4.98 Å². The van der Waals surface area contributed by atoms with E-state index < -0.39 is 0 Å². The molecule has 106 valence electrons. The van der Waals surface area contributed by atoms with Crippen LogP contribution >= 0.6 is 11.3 Å². The van der Waals surface area contributed by atoms with Crippen molar-refractivity contribution in [1.82, 2.24) is 15.3 Å². The molecule has 2 aromatic rings. The van der Waals surface area contributed by atoms with Crippen LogP contribution in [0.5, 0.6) is 0 Å². The molecular weight excluding hydrogens is 274 g/mol. The van der Waals surface area contributed by atoms with E-state index in [4.69, 9.17) is 4.74 Å². The lowest BCUT2D eigenvalue weighted by Crippen LogP contribution is -2.45. The topological polar surface area (TPSA) is 64.1 Å². The number of aromatic nitrogens is 2. The summed E-state index contributed by atoms with van der Waals surface area (Å²) >= 11 is 1.40. The number of pyridine rings is 1. The van der Waals surface area contributed by atoms with Crippen molar-refractivity contribution in [2.45, 2.75) is 38.3 Å². The second-order valence-corrected chi connectivity index (χ2v) is 6.66. The standard InChI is InChI=1S/C14H17N3O2S/c1-14(2)7-9(4-6-19-14)16-12(18)13-17-10-8-15-5-3-11(10)20-13/h3,5,8-9H,4,6-7H2,1-2H3,(H,16,18). The fraction of sp³-hybridized carbons (Fsp3) is 0.500. The zero-order valence-corrected chi connectivity index (χ0v) is 12.4. The fourth-order valence-corrected chi connectivity index (χ4v) is 3.32. The van der Waals surface area contributed by atoms with Gasteiger partial charge in [-0.1, -0.05) is 0 Å². The summed E-state index contributed by atoms with van der Waals surface area (Å²) in [4.78, 5) is 20.6. The Hall–Kier alpha value is -1.53. The highest BCUT2D eigenvalue weighted by molar-refractivity contribution is 7.20. The highest BCUT2D eigenvalue weighted by Gasteiger charge is 2.30. The van der Waals surface area contributed by atoms with Crippen LogP contribution in [0.15, 0.2) is 18.5 Å². The Morgan fingerprint density at radius 3 is 3.15 bits per heavy atom. The molecule has 1 aliphatic heterocycles. The third kappa shape index (κ3) is 2.81. The van der Waals surface area contributed by atoms with Crippen LogP contribution in [-0.2, 0) is 4.74 Å². The highest BCUT2D eigenvalue weighted by atomic mass is 32.1. The molecular formula is C14H17N3O2S. The van der Waals surface area contributed by atoms with E-state index in [0.717, 1.165) is 23.1 Å². The lowest BCUT2D eigenvalue weighted by Gasteiger charge is -2.35. The van der Waals surface area contributed by atoms with Crippen LogP contribution < -0.4 is 5.32 Å². The molecule has 1 saturated heterocycles. The highest BCUT2D eigenvalue weighted by Crippen LogP contribution is 2.25. The minimum atomic E-state index is -0.173. The van der Waals surface area contributed by atoms with Crippen LogP contribution in [0.2, 0.25) is 0 Å². The third-order valence-corrected chi connectivity index (χ3v) is 4.45. The van der Waals surface area contributed by atoms with E-state index in [1.54, 1.807) is 12.4 Å². The van der Waals surface area contributed by atoms with Gasteiger partial charge in [0.25, 0.3) is 5.91 Å². The average Bonchev–Trinajstić information content (AvgIpc) is 2.81. The van der Waals surface area contributed by atoms with Crippen molar-refractivity contribution < 1.29 is 9.53 Å². The maximum absolute atomic E-state index is 12.3. The first-order chi connectivity index (χ1) is 9.53. The maximum atomic E-state index is 12.3. The SMILES string of the molecule is CC1(C)CC(NC(=O)c2nc3cnccc3s2)CCO1. The predicted molar refractivity (Wildman–Crippen MR) is 77.9 cm³/mol. The van der Waals surface area contributed by atoms with Crippen molar-refractivity contribution in [2.24, 2.45) is 0 Å². The Morgan fingerprint density at radius 1 is 1.55 bits per heavy atom. The largest absolute Gasteiger partial charge is 0.375 e. The molecule has 3 rings (SSSR count). The number of nitrogens with one attached hydrogen (secondary N) is 1. The Labute approximate surface area is 121 Å². The summed E-state index contributed by atoms with van der Waals surface area (Å²) in [5.74, 6) is -0.103. The number of amides is 1. The van der Waals surface area contributed by atoms with Crippen LogP contribution in [0.1, 0.15) is 36.5 Å². The first-order valence-electron chi connectivity index (χ1n) is 6.69. The van der Waals surface area contributed by atoms with Gasteiger partial charge in [0.1, 0.15) is 5.52 Å². The molecule has 1 fully saturated rings. The van der Waals surface area contributed by atoms with Crippen LogP contribution in [0.4, 0.5) is 0 Å². The molecule has 3 heterocycles. The van der Waals surface area contributed by atoms with E-state index in [9.17, 15) is 4.79 Å². The van der Waals surface area contributed by atoms with Crippen LogP contribution in [-0.4, -0.2) is 34.1 Å². The zero-order valence-electron chi connectivity index (χ0n) is 11.5. The number of nitrogens with zero attached hydrogens (tertiary/aromatic N) is 2. The maximum Gasteiger partial charge on any atom is 0.280 e. The van der Waals surface area contributed by atoms with Gasteiger partial charge in [-0.2, -0.15) is 0 Å². The molecule has 0 radical (unpaired) electrons. The lowest BCUT2D eigenvalue weighted by atomic mass is 9.94. The average molecular weight is 291 g/mol. The van der Waals surface area contributed by atoms with Crippen LogP contribution in [0, 0.1) is 0 Å². The van der Waals surface area contributed by atoms with Gasteiger partial charge >= 0.3 is 0 Å². The molecule has 1 atom stereocenters. The first-order valence-corrected chi connectivity index (χ1v) is 7.50. The summed E-state index contributed by atoms with van der Waals surface area (Å²) in [6.07, 6.45) is 5.07. The van der Waals surface area contributed by atoms with E-state index in [1.807, 2.05) is 6.07 Å². The predicted octanol–water partition coefficient (Wildman–Crippen LogP) is 2.38. The third-order valence-electron chi connectivity index (χ3n) is 3.42. The summed E-state index contributed by atoms with van der Waals surface area (Å²) in [7, 11) is 0. The van der Waals surface area contributed by atoms with Gasteiger partial charge in [-0.3, -0.25) is 9.78 Å². The van der Waals surface area contributed by atoms with E-state index >= 15 is 0 Å². The summed E-state index contributed by atoms with van der Waals surface area (Å²) in [6, 6.07) is 2.03. The summed E-state index contributed by atoms with van der Waals surface area (Å²) in [5.41, 5.74) is 0.600. The van der Waals surface area contributed by atoms with Crippen LogP contribution in [0.25, 0.3) is 10.2 Å². The molecule has 0 aliphatic carbocycles. The van der Waals surface area contributed by atoms with Crippen LogP contribution in [0.3, 0.4) is 0 Å². The molecule has 1 aliphatic rings. The zero-order chi connectivity index (χ0) is 14.2. The smallest absolute Gasteiger partial charge is 0.280 e. The van der Waals surface area contributed by atoms with Gasteiger partial charge in [-0.15, -0.1) is 11.3 Å². The van der Waals surface area contributed by atoms with Gasteiger partial charge in [-0.05, 0) is 32.8 Å². The molecule has 1 amide bonds. The molecule has 6 heteroatoms. The van der Waals surface area contributed by atoms with Crippen molar-refractivity contribution in [1.29, 1.82) is 0 Å². The minimum absolute atomic E-state index is 0.103. The molecule has 1 unspecified atom stereocenters. The van der Waals surface area contributed by atoms with Gasteiger partial charge in [0.05, 0.1) is 16.5 Å². The molecule has 5 nitrogen and oxygen atoms in total. The Balaban J connectivity index is 1.72. The molecule has 0 spiro atoms. The van der Waals surface area contributed by atoms with Gasteiger partial charge in [0, 0.05) is 18.8 Å². The number of ether oxygens (including phenoxy) is 1. The molecule has 2 aromatic heterocycles. The van der Waals surface area contributed by atoms with Crippen molar-refractivity contribution in [3.63, 3.8) is 0 Å².